The topological polar surface area (TPSA) is 84.4 Å². The number of rotatable bonds is 8. The largest absolute Gasteiger partial charge is 0.573 e. The van der Waals surface area contributed by atoms with Crippen LogP contribution in [0.25, 0.3) is 22.5 Å². The highest BCUT2D eigenvalue weighted by atomic mass is 19.4. The van der Waals surface area contributed by atoms with E-state index < -0.39 is 53.1 Å². The number of hydrogen-bond acceptors (Lipinski definition) is 5. The maximum absolute atomic E-state index is 14.7. The van der Waals surface area contributed by atoms with Crippen LogP contribution < -0.4 is 15.0 Å². The first kappa shape index (κ1) is 32.3. The molecule has 0 spiro atoms. The van der Waals surface area contributed by atoms with Crippen LogP contribution in [-0.2, 0) is 4.79 Å². The van der Waals surface area contributed by atoms with Crippen molar-refractivity contribution in [1.82, 2.24) is 15.3 Å². The number of urea groups is 1. The average molecular weight is 659 g/mol. The summed E-state index contributed by atoms with van der Waals surface area (Å²) < 4.78 is 69.6. The van der Waals surface area contributed by atoms with E-state index in [1.807, 2.05) is 0 Å². The third-order valence-corrected chi connectivity index (χ3v) is 8.62. The molecule has 2 unspecified atom stereocenters. The first-order chi connectivity index (χ1) is 22.9. The van der Waals surface area contributed by atoms with Crippen molar-refractivity contribution >= 4 is 17.6 Å². The van der Waals surface area contributed by atoms with E-state index in [2.05, 4.69) is 20.0 Å². The summed E-state index contributed by atoms with van der Waals surface area (Å²) in [6.07, 6.45) is -1.81. The van der Waals surface area contributed by atoms with E-state index in [1.54, 1.807) is 74.8 Å². The lowest BCUT2D eigenvalue weighted by atomic mass is 9.69. The van der Waals surface area contributed by atoms with E-state index >= 15 is 0 Å². The second-order valence-corrected chi connectivity index (χ2v) is 11.4. The number of carbonyl (C=O) groups is 2. The molecule has 0 aliphatic carbocycles. The molecule has 2 atom stereocenters. The fourth-order valence-electron chi connectivity index (χ4n) is 6.07. The first-order valence-corrected chi connectivity index (χ1v) is 14.8. The number of imide groups is 1. The molecule has 244 valence electrons. The molecule has 48 heavy (non-hydrogen) atoms. The van der Waals surface area contributed by atoms with Crippen LogP contribution in [0.4, 0.5) is 32.4 Å². The van der Waals surface area contributed by atoms with Gasteiger partial charge in [-0.3, -0.25) is 14.8 Å². The third kappa shape index (κ3) is 6.20. The van der Waals surface area contributed by atoms with Gasteiger partial charge >= 0.3 is 12.4 Å². The predicted molar refractivity (Wildman–Crippen MR) is 168 cm³/mol. The van der Waals surface area contributed by atoms with Crippen molar-refractivity contribution in [2.24, 2.45) is 0 Å². The maximum Gasteiger partial charge on any atom is 0.573 e. The van der Waals surface area contributed by atoms with Gasteiger partial charge in [0.1, 0.15) is 22.9 Å². The van der Waals surface area contributed by atoms with E-state index in [9.17, 15) is 31.5 Å². The Hall–Kier alpha value is -5.65. The molecule has 6 rings (SSSR count). The van der Waals surface area contributed by atoms with Crippen LogP contribution in [0, 0.1) is 11.6 Å². The molecule has 3 aromatic carbocycles. The molecular formula is C36H27F5N4O3. The Morgan fingerprint density at radius 2 is 1.17 bits per heavy atom. The molecule has 1 aliphatic heterocycles. The number of aromatic nitrogens is 2. The van der Waals surface area contributed by atoms with Gasteiger partial charge in [-0.25, -0.2) is 18.5 Å². The SMILES string of the molecule is CC(c1ccnc(-c2ccc(F)cc2)c1)C1(C(C)c2ccnc(-c3ccc(F)cc3)c2)NC(=O)N(c2ccc(OC(F)(F)F)cc2)C1=O. The molecule has 3 amide bonds. The van der Waals surface area contributed by atoms with Gasteiger partial charge in [0.2, 0.25) is 0 Å². The molecule has 7 nitrogen and oxygen atoms in total. The van der Waals surface area contributed by atoms with Crippen molar-refractivity contribution in [2.45, 2.75) is 37.6 Å². The van der Waals surface area contributed by atoms with E-state index in [0.717, 1.165) is 17.0 Å². The summed E-state index contributed by atoms with van der Waals surface area (Å²) in [7, 11) is 0. The summed E-state index contributed by atoms with van der Waals surface area (Å²) >= 11 is 0. The molecule has 5 aromatic rings. The number of alkyl halides is 3. The fraction of sp³-hybridized carbons (Fsp3) is 0.167. The van der Waals surface area contributed by atoms with Crippen molar-refractivity contribution in [3.63, 3.8) is 0 Å². The minimum absolute atomic E-state index is 0.0387. The molecule has 1 fully saturated rings. The smallest absolute Gasteiger partial charge is 0.406 e. The van der Waals surface area contributed by atoms with Gasteiger partial charge in [0.05, 0.1) is 17.1 Å². The van der Waals surface area contributed by atoms with Crippen molar-refractivity contribution in [3.05, 3.63) is 132 Å². The second-order valence-electron chi connectivity index (χ2n) is 11.4. The van der Waals surface area contributed by atoms with E-state index in [1.165, 1.54) is 36.4 Å². The number of benzene rings is 3. The number of nitrogens with zero attached hydrogens (tertiary/aromatic N) is 3. The molecule has 0 bridgehead atoms. The quantitative estimate of drug-likeness (QED) is 0.134. The number of pyridine rings is 2. The molecule has 2 aromatic heterocycles. The molecule has 0 radical (unpaired) electrons. The molecule has 1 N–H and O–H groups in total. The summed E-state index contributed by atoms with van der Waals surface area (Å²) in [5, 5.41) is 2.93. The van der Waals surface area contributed by atoms with Crippen molar-refractivity contribution in [3.8, 4) is 28.3 Å². The molecule has 3 heterocycles. The lowest BCUT2D eigenvalue weighted by Gasteiger charge is -2.39. The highest BCUT2D eigenvalue weighted by molar-refractivity contribution is 6.24. The molecule has 1 saturated heterocycles. The van der Waals surface area contributed by atoms with Gasteiger partial charge in [0.25, 0.3) is 5.91 Å². The van der Waals surface area contributed by atoms with Crippen LogP contribution in [0.5, 0.6) is 5.75 Å². The van der Waals surface area contributed by atoms with E-state index in [4.69, 9.17) is 0 Å². The normalized spacial score (nSPS) is 17.6. The van der Waals surface area contributed by atoms with E-state index in [0.29, 0.717) is 33.6 Å². The monoisotopic (exact) mass is 658 g/mol. The van der Waals surface area contributed by atoms with Gasteiger partial charge in [0, 0.05) is 35.4 Å². The summed E-state index contributed by atoms with van der Waals surface area (Å²) in [5.41, 5.74) is 1.97. The molecule has 12 heteroatoms. The van der Waals surface area contributed by atoms with Crippen molar-refractivity contribution in [1.29, 1.82) is 0 Å². The zero-order chi connectivity index (χ0) is 34.2. The summed E-state index contributed by atoms with van der Waals surface area (Å²) in [6, 6.07) is 22.2. The Balaban J connectivity index is 1.44. The Morgan fingerprint density at radius 3 is 1.60 bits per heavy atom. The van der Waals surface area contributed by atoms with Crippen molar-refractivity contribution in [2.75, 3.05) is 4.90 Å². The highest BCUT2D eigenvalue weighted by Crippen LogP contribution is 2.45. The number of halogens is 5. The highest BCUT2D eigenvalue weighted by Gasteiger charge is 2.58. The van der Waals surface area contributed by atoms with Crippen LogP contribution in [0.2, 0.25) is 0 Å². The predicted octanol–water partition coefficient (Wildman–Crippen LogP) is 8.39. The first-order valence-electron chi connectivity index (χ1n) is 14.8. The minimum atomic E-state index is -4.92. The Bertz CT molecular complexity index is 1870. The minimum Gasteiger partial charge on any atom is -0.406 e. The molecular weight excluding hydrogens is 631 g/mol. The van der Waals surface area contributed by atoms with Gasteiger partial charge in [-0.1, -0.05) is 13.8 Å². The van der Waals surface area contributed by atoms with Crippen LogP contribution in [0.15, 0.2) is 109 Å². The Labute approximate surface area is 272 Å². The van der Waals surface area contributed by atoms with Gasteiger partial charge in [-0.15, -0.1) is 13.2 Å². The van der Waals surface area contributed by atoms with Gasteiger partial charge < -0.3 is 10.1 Å². The van der Waals surface area contributed by atoms with Crippen LogP contribution in [0.1, 0.15) is 36.8 Å². The van der Waals surface area contributed by atoms with Gasteiger partial charge in [-0.05, 0) is 108 Å². The third-order valence-electron chi connectivity index (χ3n) is 8.62. The zero-order valence-corrected chi connectivity index (χ0v) is 25.5. The Kier molecular flexibility index (Phi) is 8.42. The standard InChI is InChI=1S/C36H27F5N4O3/c1-21(25-15-17-42-31(19-25)23-3-7-27(37)8-4-23)35(22(2)26-16-18-43-32(20-26)24-5-9-28(38)10-6-24)33(46)45(34(47)44-35)29-11-13-30(14-12-29)48-36(39,40)41/h3-22H,1-2H3,(H,44,47). The lowest BCUT2D eigenvalue weighted by molar-refractivity contribution is -0.274. The number of carbonyl (C=O) groups excluding carboxylic acids is 2. The average Bonchev–Trinajstić information content (AvgIpc) is 3.34. The lowest BCUT2D eigenvalue weighted by Crippen LogP contribution is -2.55. The second kappa shape index (κ2) is 12.5. The summed E-state index contributed by atoms with van der Waals surface area (Å²) in [6.45, 7) is 3.56. The molecule has 0 saturated carbocycles. The van der Waals surface area contributed by atoms with Gasteiger partial charge in [-0.2, -0.15) is 0 Å². The maximum atomic E-state index is 14.7. The van der Waals surface area contributed by atoms with Crippen LogP contribution in [0.3, 0.4) is 0 Å². The van der Waals surface area contributed by atoms with Crippen molar-refractivity contribution < 1.29 is 36.3 Å². The number of anilines is 1. The summed E-state index contributed by atoms with van der Waals surface area (Å²) in [5.74, 6) is -3.38. The van der Waals surface area contributed by atoms with E-state index in [-0.39, 0.29) is 5.69 Å². The zero-order valence-electron chi connectivity index (χ0n) is 25.5. The number of amides is 3. The van der Waals surface area contributed by atoms with Crippen LogP contribution in [-0.4, -0.2) is 33.8 Å². The van der Waals surface area contributed by atoms with Crippen LogP contribution >= 0.6 is 0 Å². The fourth-order valence-corrected chi connectivity index (χ4v) is 6.07. The number of ether oxygens (including phenoxy) is 1. The molecule has 1 aliphatic rings. The van der Waals surface area contributed by atoms with Gasteiger partial charge in [0.15, 0.2) is 0 Å². The summed E-state index contributed by atoms with van der Waals surface area (Å²) in [4.78, 5) is 38.1. The Morgan fingerprint density at radius 1 is 0.708 bits per heavy atom. The number of nitrogens with one attached hydrogen (secondary N) is 1. The number of hydrogen-bond donors (Lipinski definition) is 1.